The van der Waals surface area contributed by atoms with Crippen LogP contribution in [0.25, 0.3) is 11.0 Å². The molecular formula is C18H21N3O2S2. The van der Waals surface area contributed by atoms with E-state index in [4.69, 9.17) is 4.42 Å². The van der Waals surface area contributed by atoms with Crippen LogP contribution in [0.5, 0.6) is 0 Å². The highest BCUT2D eigenvalue weighted by atomic mass is 32.2. The fraction of sp³-hybridized carbons (Fsp3) is 0.389. The molecule has 0 unspecified atom stereocenters. The smallest absolute Gasteiger partial charge is 0.336 e. The second-order valence-corrected chi connectivity index (χ2v) is 8.41. The average Bonchev–Trinajstić information content (AvgIpc) is 3.05. The minimum Gasteiger partial charge on any atom is -0.423 e. The summed E-state index contributed by atoms with van der Waals surface area (Å²) in [5.74, 6) is 1.22. The van der Waals surface area contributed by atoms with E-state index in [9.17, 15) is 4.79 Å². The van der Waals surface area contributed by atoms with Crippen LogP contribution in [-0.2, 0) is 12.2 Å². The topological polar surface area (TPSA) is 68.0 Å². The minimum absolute atomic E-state index is 0.312. The number of aromatic nitrogens is 2. The fourth-order valence-corrected chi connectivity index (χ4v) is 4.13. The lowest BCUT2D eigenvalue weighted by molar-refractivity contribution is 0.559. The second-order valence-electron chi connectivity index (χ2n) is 6.21. The molecule has 3 rings (SSSR count). The molecule has 0 saturated heterocycles. The molecule has 0 aliphatic rings. The van der Waals surface area contributed by atoms with Crippen molar-refractivity contribution in [3.05, 3.63) is 45.8 Å². The summed E-state index contributed by atoms with van der Waals surface area (Å²) >= 11 is 3.12. The third-order valence-corrected chi connectivity index (χ3v) is 5.79. The van der Waals surface area contributed by atoms with Crippen LogP contribution in [0.2, 0.25) is 0 Å². The molecule has 0 amide bonds. The minimum atomic E-state index is -0.312. The van der Waals surface area contributed by atoms with Crippen LogP contribution >= 0.6 is 23.1 Å². The monoisotopic (exact) mass is 375 g/mol. The molecule has 2 aromatic heterocycles. The first-order valence-corrected chi connectivity index (χ1v) is 10.1. The summed E-state index contributed by atoms with van der Waals surface area (Å²) in [7, 11) is 0. The first-order chi connectivity index (χ1) is 12.0. The van der Waals surface area contributed by atoms with E-state index in [0.29, 0.717) is 17.3 Å². The summed E-state index contributed by atoms with van der Waals surface area (Å²) in [4.78, 5) is 11.9. The third-order valence-electron chi connectivity index (χ3n) is 3.72. The average molecular weight is 376 g/mol. The maximum atomic E-state index is 11.9. The van der Waals surface area contributed by atoms with Crippen LogP contribution in [0, 0.1) is 5.92 Å². The van der Waals surface area contributed by atoms with Crippen LogP contribution in [-0.4, -0.2) is 16.7 Å². The largest absolute Gasteiger partial charge is 0.423 e. The quantitative estimate of drug-likeness (QED) is 0.482. The first kappa shape index (κ1) is 17.9. The number of fused-ring (bicyclic) bond motifs is 1. The van der Waals surface area contributed by atoms with E-state index in [1.165, 1.54) is 11.3 Å². The van der Waals surface area contributed by atoms with Gasteiger partial charge in [-0.1, -0.05) is 56.0 Å². The van der Waals surface area contributed by atoms with Gasteiger partial charge in [0.25, 0.3) is 0 Å². The van der Waals surface area contributed by atoms with Crippen molar-refractivity contribution in [1.29, 1.82) is 0 Å². The van der Waals surface area contributed by atoms with Crippen LogP contribution in [0.1, 0.15) is 31.9 Å². The summed E-state index contributed by atoms with van der Waals surface area (Å²) < 4.78 is 6.24. The Kier molecular flexibility index (Phi) is 5.75. The van der Waals surface area contributed by atoms with E-state index >= 15 is 0 Å². The summed E-state index contributed by atoms with van der Waals surface area (Å²) in [6.45, 7) is 7.27. The van der Waals surface area contributed by atoms with Gasteiger partial charge in [-0.2, -0.15) is 0 Å². The molecule has 7 heteroatoms. The Labute approximate surface area is 154 Å². The summed E-state index contributed by atoms with van der Waals surface area (Å²) in [5, 5.41) is 13.5. The van der Waals surface area contributed by atoms with Gasteiger partial charge < -0.3 is 9.73 Å². The molecule has 3 aromatic rings. The Morgan fingerprint density at radius 1 is 1.28 bits per heavy atom. The van der Waals surface area contributed by atoms with Crippen molar-refractivity contribution in [3.8, 4) is 0 Å². The van der Waals surface area contributed by atoms with Gasteiger partial charge in [-0.25, -0.2) is 4.79 Å². The molecule has 2 heterocycles. The van der Waals surface area contributed by atoms with Crippen LogP contribution in [0.3, 0.4) is 0 Å². The van der Waals surface area contributed by atoms with Gasteiger partial charge >= 0.3 is 5.63 Å². The predicted octanol–water partition coefficient (Wildman–Crippen LogP) is 4.57. The molecule has 0 aliphatic heterocycles. The predicted molar refractivity (Wildman–Crippen MR) is 105 cm³/mol. The molecule has 5 nitrogen and oxygen atoms in total. The Balaban J connectivity index is 1.76. The highest BCUT2D eigenvalue weighted by Gasteiger charge is 2.10. The maximum absolute atomic E-state index is 11.9. The van der Waals surface area contributed by atoms with Crippen LogP contribution in [0.4, 0.5) is 5.13 Å². The maximum Gasteiger partial charge on any atom is 0.336 e. The van der Waals surface area contributed by atoms with Crippen molar-refractivity contribution < 1.29 is 4.42 Å². The van der Waals surface area contributed by atoms with E-state index < -0.39 is 0 Å². The number of benzene rings is 1. The molecule has 0 bridgehead atoms. The Morgan fingerprint density at radius 3 is 2.88 bits per heavy atom. The number of rotatable bonds is 7. The van der Waals surface area contributed by atoms with Crippen LogP contribution in [0.15, 0.2) is 37.8 Å². The lowest BCUT2D eigenvalue weighted by Crippen LogP contribution is -2.07. The van der Waals surface area contributed by atoms with Gasteiger partial charge in [0.05, 0.1) is 0 Å². The Morgan fingerprint density at radius 2 is 2.12 bits per heavy atom. The number of thioether (sulfide) groups is 1. The number of nitrogens with zero attached hydrogens (tertiary/aromatic N) is 2. The SMILES string of the molecule is CCc1ccc2c(CSc3nnc(NCC(C)C)s3)cc(=O)oc2c1. The fourth-order valence-electron chi connectivity index (χ4n) is 2.38. The van der Waals surface area contributed by atoms with Crippen LogP contribution < -0.4 is 10.9 Å². The third kappa shape index (κ3) is 4.61. The van der Waals surface area contributed by atoms with E-state index in [2.05, 4.69) is 42.4 Å². The Bertz CT molecular complexity index is 918. The summed E-state index contributed by atoms with van der Waals surface area (Å²) in [6.07, 6.45) is 0.912. The van der Waals surface area contributed by atoms with Gasteiger partial charge in [0.1, 0.15) is 5.58 Å². The molecule has 0 spiro atoms. The van der Waals surface area contributed by atoms with Crippen molar-refractivity contribution >= 4 is 39.2 Å². The first-order valence-electron chi connectivity index (χ1n) is 8.31. The van der Waals surface area contributed by atoms with Gasteiger partial charge in [0, 0.05) is 23.8 Å². The van der Waals surface area contributed by atoms with E-state index in [1.807, 2.05) is 12.1 Å². The lowest BCUT2D eigenvalue weighted by Gasteiger charge is -2.05. The summed E-state index contributed by atoms with van der Waals surface area (Å²) in [5.41, 5.74) is 2.46. The molecular weight excluding hydrogens is 354 g/mol. The molecule has 1 N–H and O–H groups in total. The second kappa shape index (κ2) is 8.01. The highest BCUT2D eigenvalue weighted by molar-refractivity contribution is 8.00. The zero-order valence-corrected chi connectivity index (χ0v) is 16.2. The van der Waals surface area contributed by atoms with Gasteiger partial charge in [-0.05, 0) is 29.5 Å². The van der Waals surface area contributed by atoms with E-state index in [1.54, 1.807) is 17.8 Å². The molecule has 0 aliphatic carbocycles. The van der Waals surface area contributed by atoms with Gasteiger partial charge in [-0.3, -0.25) is 0 Å². The lowest BCUT2D eigenvalue weighted by atomic mass is 10.1. The van der Waals surface area contributed by atoms with Crippen molar-refractivity contribution in [2.75, 3.05) is 11.9 Å². The normalized spacial score (nSPS) is 11.4. The number of hydrogen-bond donors (Lipinski definition) is 1. The highest BCUT2D eigenvalue weighted by Crippen LogP contribution is 2.30. The molecule has 25 heavy (non-hydrogen) atoms. The van der Waals surface area contributed by atoms with Gasteiger partial charge in [0.2, 0.25) is 5.13 Å². The molecule has 0 fully saturated rings. The van der Waals surface area contributed by atoms with Crippen molar-refractivity contribution in [1.82, 2.24) is 10.2 Å². The van der Waals surface area contributed by atoms with E-state index in [-0.39, 0.29) is 5.63 Å². The number of anilines is 1. The van der Waals surface area contributed by atoms with Gasteiger partial charge in [0.15, 0.2) is 4.34 Å². The van der Waals surface area contributed by atoms with Crippen molar-refractivity contribution in [2.45, 2.75) is 37.3 Å². The Hall–Kier alpha value is -1.86. The molecule has 132 valence electrons. The molecule has 0 saturated carbocycles. The zero-order valence-electron chi connectivity index (χ0n) is 14.5. The number of nitrogens with one attached hydrogen (secondary N) is 1. The molecule has 0 atom stereocenters. The van der Waals surface area contributed by atoms with Crippen molar-refractivity contribution in [3.63, 3.8) is 0 Å². The zero-order chi connectivity index (χ0) is 17.8. The molecule has 0 radical (unpaired) electrons. The number of hydrogen-bond acceptors (Lipinski definition) is 7. The standard InChI is InChI=1S/C18H21N3O2S2/c1-4-12-5-6-14-13(8-16(22)23-15(14)7-12)10-24-18-21-20-17(25-18)19-9-11(2)3/h5-8,11H,4,9-10H2,1-3H3,(H,19,20). The summed E-state index contributed by atoms with van der Waals surface area (Å²) in [6, 6.07) is 7.63. The van der Waals surface area contributed by atoms with Crippen molar-refractivity contribution in [2.24, 2.45) is 5.92 Å². The van der Waals surface area contributed by atoms with Gasteiger partial charge in [-0.15, -0.1) is 10.2 Å². The van der Waals surface area contributed by atoms with E-state index in [0.717, 1.165) is 38.9 Å². The number of aryl methyl sites for hydroxylation is 1. The molecule has 1 aromatic carbocycles.